The summed E-state index contributed by atoms with van der Waals surface area (Å²) in [5.74, 6) is -0.571. The second-order valence-electron chi connectivity index (χ2n) is 4.56. The summed E-state index contributed by atoms with van der Waals surface area (Å²) in [6.45, 7) is 1.34. The quantitative estimate of drug-likeness (QED) is 0.786. The van der Waals surface area contributed by atoms with E-state index in [1.165, 1.54) is 11.8 Å². The van der Waals surface area contributed by atoms with E-state index in [4.69, 9.17) is 4.74 Å². The summed E-state index contributed by atoms with van der Waals surface area (Å²) in [5, 5.41) is 0. The van der Waals surface area contributed by atoms with Gasteiger partial charge in [0.15, 0.2) is 0 Å². The van der Waals surface area contributed by atoms with Gasteiger partial charge < -0.3 is 4.74 Å². The van der Waals surface area contributed by atoms with Gasteiger partial charge in [0.25, 0.3) is 5.91 Å². The van der Waals surface area contributed by atoms with Crippen LogP contribution in [0, 0.1) is 0 Å². The molecular formula is C16H13NO3. The van der Waals surface area contributed by atoms with E-state index < -0.39 is 12.2 Å². The van der Waals surface area contributed by atoms with E-state index in [-0.39, 0.29) is 5.91 Å². The first-order valence-corrected chi connectivity index (χ1v) is 6.33. The van der Waals surface area contributed by atoms with Crippen molar-refractivity contribution < 1.29 is 14.3 Å². The van der Waals surface area contributed by atoms with E-state index in [1.807, 2.05) is 42.5 Å². The molecule has 0 aliphatic carbocycles. The van der Waals surface area contributed by atoms with Crippen molar-refractivity contribution in [2.24, 2.45) is 0 Å². The van der Waals surface area contributed by atoms with Gasteiger partial charge in [0.2, 0.25) is 6.23 Å². The van der Waals surface area contributed by atoms with Gasteiger partial charge in [-0.1, -0.05) is 36.4 Å². The maximum absolute atomic E-state index is 12.5. The maximum atomic E-state index is 12.5. The van der Waals surface area contributed by atoms with Gasteiger partial charge in [-0.15, -0.1) is 0 Å². The van der Waals surface area contributed by atoms with Crippen LogP contribution in [0.2, 0.25) is 0 Å². The lowest BCUT2D eigenvalue weighted by molar-refractivity contribution is -0.146. The Labute approximate surface area is 116 Å². The number of hydrogen-bond acceptors (Lipinski definition) is 3. The SMILES string of the molecule is CC(=O)OC1c2ccccc2C(=O)N1c1ccccc1. The van der Waals surface area contributed by atoms with Crippen LogP contribution in [0.3, 0.4) is 0 Å². The number of carbonyl (C=O) groups is 2. The van der Waals surface area contributed by atoms with Crippen molar-refractivity contribution >= 4 is 17.6 Å². The summed E-state index contributed by atoms with van der Waals surface area (Å²) >= 11 is 0. The molecule has 1 aliphatic rings. The van der Waals surface area contributed by atoms with Crippen molar-refractivity contribution in [3.05, 3.63) is 65.7 Å². The van der Waals surface area contributed by atoms with E-state index >= 15 is 0 Å². The highest BCUT2D eigenvalue weighted by molar-refractivity contribution is 6.10. The Hall–Kier alpha value is -2.62. The van der Waals surface area contributed by atoms with Gasteiger partial charge in [-0.3, -0.25) is 14.5 Å². The predicted molar refractivity (Wildman–Crippen MR) is 74.2 cm³/mol. The molecule has 1 heterocycles. The third-order valence-electron chi connectivity index (χ3n) is 3.22. The van der Waals surface area contributed by atoms with Crippen LogP contribution in [0.4, 0.5) is 5.69 Å². The minimum Gasteiger partial charge on any atom is -0.437 e. The summed E-state index contributed by atoms with van der Waals surface area (Å²) < 4.78 is 5.34. The van der Waals surface area contributed by atoms with Crippen molar-refractivity contribution in [3.63, 3.8) is 0 Å². The Kier molecular flexibility index (Phi) is 2.99. The third kappa shape index (κ3) is 1.95. The first-order chi connectivity index (χ1) is 9.68. The molecule has 0 aromatic heterocycles. The highest BCUT2D eigenvalue weighted by atomic mass is 16.6. The molecule has 2 aromatic rings. The zero-order valence-electron chi connectivity index (χ0n) is 10.9. The molecule has 4 nitrogen and oxygen atoms in total. The first-order valence-electron chi connectivity index (χ1n) is 6.33. The van der Waals surface area contributed by atoms with E-state index in [1.54, 1.807) is 12.1 Å². The highest BCUT2D eigenvalue weighted by Crippen LogP contribution is 2.37. The smallest absolute Gasteiger partial charge is 0.304 e. The van der Waals surface area contributed by atoms with Gasteiger partial charge in [-0.05, 0) is 18.2 Å². The minimum absolute atomic E-state index is 0.155. The van der Waals surface area contributed by atoms with E-state index in [0.717, 1.165) is 5.56 Å². The number of anilines is 1. The van der Waals surface area contributed by atoms with Gasteiger partial charge in [0.1, 0.15) is 0 Å². The normalized spacial score (nSPS) is 16.9. The molecule has 0 radical (unpaired) electrons. The molecule has 1 atom stereocenters. The van der Waals surface area contributed by atoms with Crippen LogP contribution in [-0.2, 0) is 9.53 Å². The molecule has 1 amide bonds. The van der Waals surface area contributed by atoms with Gasteiger partial charge in [0.05, 0.1) is 0 Å². The molecule has 0 saturated heterocycles. The second-order valence-corrected chi connectivity index (χ2v) is 4.56. The van der Waals surface area contributed by atoms with Crippen molar-refractivity contribution in [2.45, 2.75) is 13.2 Å². The second kappa shape index (κ2) is 4.81. The Balaban J connectivity index is 2.10. The summed E-state index contributed by atoms with van der Waals surface area (Å²) in [5.41, 5.74) is 2.00. The predicted octanol–water partition coefficient (Wildman–Crippen LogP) is 2.91. The fourth-order valence-electron chi connectivity index (χ4n) is 2.40. The molecule has 2 aromatic carbocycles. The average molecular weight is 267 g/mol. The zero-order valence-corrected chi connectivity index (χ0v) is 10.9. The molecule has 0 bridgehead atoms. The lowest BCUT2D eigenvalue weighted by atomic mass is 10.1. The molecule has 0 N–H and O–H groups in total. The third-order valence-corrected chi connectivity index (χ3v) is 3.22. The van der Waals surface area contributed by atoms with E-state index in [0.29, 0.717) is 11.3 Å². The average Bonchev–Trinajstić information content (AvgIpc) is 2.73. The van der Waals surface area contributed by atoms with E-state index in [9.17, 15) is 9.59 Å². The Bertz CT molecular complexity index is 666. The molecular weight excluding hydrogens is 254 g/mol. The van der Waals surface area contributed by atoms with Crippen molar-refractivity contribution in [2.75, 3.05) is 4.90 Å². The first kappa shape index (κ1) is 12.4. The molecule has 4 heteroatoms. The number of ether oxygens (including phenoxy) is 1. The summed E-state index contributed by atoms with van der Waals surface area (Å²) in [6.07, 6.45) is -0.696. The van der Waals surface area contributed by atoms with Crippen LogP contribution in [-0.4, -0.2) is 11.9 Å². The number of fused-ring (bicyclic) bond motifs is 1. The number of esters is 1. The largest absolute Gasteiger partial charge is 0.437 e. The van der Waals surface area contributed by atoms with E-state index in [2.05, 4.69) is 0 Å². The number of carbonyl (C=O) groups excluding carboxylic acids is 2. The zero-order chi connectivity index (χ0) is 14.1. The fraction of sp³-hybridized carbons (Fsp3) is 0.125. The Morgan fingerprint density at radius 2 is 1.70 bits per heavy atom. The maximum Gasteiger partial charge on any atom is 0.304 e. The van der Waals surface area contributed by atoms with Crippen LogP contribution in [0.1, 0.15) is 29.1 Å². The molecule has 100 valence electrons. The van der Waals surface area contributed by atoms with Gasteiger partial charge in [0, 0.05) is 23.7 Å². The monoisotopic (exact) mass is 267 g/mol. The van der Waals surface area contributed by atoms with Crippen LogP contribution >= 0.6 is 0 Å². The number of rotatable bonds is 2. The molecule has 20 heavy (non-hydrogen) atoms. The van der Waals surface area contributed by atoms with Crippen LogP contribution in [0.25, 0.3) is 0 Å². The molecule has 3 rings (SSSR count). The van der Waals surface area contributed by atoms with Gasteiger partial charge >= 0.3 is 5.97 Å². The molecule has 0 spiro atoms. The number of para-hydroxylation sites is 1. The molecule has 0 saturated carbocycles. The van der Waals surface area contributed by atoms with Crippen molar-refractivity contribution in [1.82, 2.24) is 0 Å². The fourth-order valence-corrected chi connectivity index (χ4v) is 2.40. The highest BCUT2D eigenvalue weighted by Gasteiger charge is 2.39. The minimum atomic E-state index is -0.696. The number of hydrogen-bond donors (Lipinski definition) is 0. The standard InChI is InChI=1S/C16H13NO3/c1-11(18)20-16-14-10-6-5-9-13(14)15(19)17(16)12-7-3-2-4-8-12/h2-10,16H,1H3. The number of nitrogens with zero attached hydrogens (tertiary/aromatic N) is 1. The summed E-state index contributed by atoms with van der Waals surface area (Å²) in [6, 6.07) is 16.4. The summed E-state index contributed by atoms with van der Waals surface area (Å²) in [4.78, 5) is 25.4. The van der Waals surface area contributed by atoms with Crippen LogP contribution < -0.4 is 4.90 Å². The molecule has 1 unspecified atom stereocenters. The lowest BCUT2D eigenvalue weighted by Crippen LogP contribution is -2.30. The lowest BCUT2D eigenvalue weighted by Gasteiger charge is -2.24. The van der Waals surface area contributed by atoms with Crippen molar-refractivity contribution in [3.8, 4) is 0 Å². The Morgan fingerprint density at radius 3 is 2.40 bits per heavy atom. The topological polar surface area (TPSA) is 46.6 Å². The van der Waals surface area contributed by atoms with Crippen molar-refractivity contribution in [1.29, 1.82) is 0 Å². The molecule has 0 fully saturated rings. The number of amides is 1. The summed E-state index contributed by atoms with van der Waals surface area (Å²) in [7, 11) is 0. The van der Waals surface area contributed by atoms with Gasteiger partial charge in [-0.2, -0.15) is 0 Å². The van der Waals surface area contributed by atoms with Crippen LogP contribution in [0.15, 0.2) is 54.6 Å². The number of benzene rings is 2. The van der Waals surface area contributed by atoms with Gasteiger partial charge in [-0.25, -0.2) is 0 Å². The Morgan fingerprint density at radius 1 is 1.05 bits per heavy atom. The molecule has 1 aliphatic heterocycles. The van der Waals surface area contributed by atoms with Crippen LogP contribution in [0.5, 0.6) is 0 Å².